The monoisotopic (exact) mass is 221 g/mol. The van der Waals surface area contributed by atoms with Crippen molar-refractivity contribution in [2.75, 3.05) is 13.1 Å². The SMILES string of the molecule is CCNCCC(=O)NCc1ccncc1C. The molecule has 0 unspecified atom stereocenters. The van der Waals surface area contributed by atoms with Gasteiger partial charge in [0.1, 0.15) is 0 Å². The number of pyridine rings is 1. The number of nitrogens with one attached hydrogen (secondary N) is 2. The smallest absolute Gasteiger partial charge is 0.221 e. The van der Waals surface area contributed by atoms with Gasteiger partial charge in [0.05, 0.1) is 0 Å². The number of aromatic nitrogens is 1. The topological polar surface area (TPSA) is 54.0 Å². The summed E-state index contributed by atoms with van der Waals surface area (Å²) in [5, 5.41) is 6.01. The Bertz CT molecular complexity index is 339. The van der Waals surface area contributed by atoms with Gasteiger partial charge in [0, 0.05) is 31.9 Å². The molecule has 0 spiro atoms. The van der Waals surface area contributed by atoms with Crippen LogP contribution >= 0.6 is 0 Å². The highest BCUT2D eigenvalue weighted by Crippen LogP contribution is 2.03. The molecule has 2 N–H and O–H groups in total. The van der Waals surface area contributed by atoms with E-state index < -0.39 is 0 Å². The molecule has 0 bridgehead atoms. The Morgan fingerprint density at radius 3 is 3.00 bits per heavy atom. The van der Waals surface area contributed by atoms with Crippen molar-refractivity contribution in [1.29, 1.82) is 0 Å². The number of rotatable bonds is 6. The van der Waals surface area contributed by atoms with Crippen molar-refractivity contribution in [2.45, 2.75) is 26.8 Å². The van der Waals surface area contributed by atoms with E-state index in [-0.39, 0.29) is 5.91 Å². The Morgan fingerprint density at radius 1 is 1.50 bits per heavy atom. The molecule has 1 heterocycles. The molecule has 0 fully saturated rings. The van der Waals surface area contributed by atoms with E-state index in [0.29, 0.717) is 13.0 Å². The zero-order valence-corrected chi connectivity index (χ0v) is 9.92. The number of hydrogen-bond acceptors (Lipinski definition) is 3. The third kappa shape index (κ3) is 4.40. The minimum atomic E-state index is 0.0807. The van der Waals surface area contributed by atoms with E-state index in [1.165, 1.54) is 0 Å². The average molecular weight is 221 g/mol. The maximum Gasteiger partial charge on any atom is 0.221 e. The van der Waals surface area contributed by atoms with Crippen LogP contribution in [0.2, 0.25) is 0 Å². The summed E-state index contributed by atoms with van der Waals surface area (Å²) in [6.07, 6.45) is 4.07. The molecule has 1 amide bonds. The lowest BCUT2D eigenvalue weighted by atomic mass is 10.1. The van der Waals surface area contributed by atoms with Crippen LogP contribution in [0.1, 0.15) is 24.5 Å². The van der Waals surface area contributed by atoms with Crippen molar-refractivity contribution in [3.8, 4) is 0 Å². The van der Waals surface area contributed by atoms with Gasteiger partial charge in [-0.05, 0) is 30.7 Å². The number of nitrogens with zero attached hydrogens (tertiary/aromatic N) is 1. The molecule has 1 aromatic rings. The third-order valence-electron chi connectivity index (χ3n) is 2.39. The van der Waals surface area contributed by atoms with Crippen LogP contribution in [-0.2, 0) is 11.3 Å². The minimum Gasteiger partial charge on any atom is -0.352 e. The lowest BCUT2D eigenvalue weighted by molar-refractivity contribution is -0.121. The largest absolute Gasteiger partial charge is 0.352 e. The van der Waals surface area contributed by atoms with Crippen LogP contribution in [0, 0.1) is 6.92 Å². The molecule has 4 nitrogen and oxygen atoms in total. The summed E-state index contributed by atoms with van der Waals surface area (Å²) in [7, 11) is 0. The van der Waals surface area contributed by atoms with Crippen molar-refractivity contribution in [1.82, 2.24) is 15.6 Å². The van der Waals surface area contributed by atoms with Crippen molar-refractivity contribution in [2.24, 2.45) is 0 Å². The van der Waals surface area contributed by atoms with E-state index in [1.807, 2.05) is 19.9 Å². The minimum absolute atomic E-state index is 0.0807. The van der Waals surface area contributed by atoms with Crippen LogP contribution < -0.4 is 10.6 Å². The lowest BCUT2D eigenvalue weighted by Crippen LogP contribution is -2.27. The molecule has 0 aromatic carbocycles. The van der Waals surface area contributed by atoms with Gasteiger partial charge in [0.15, 0.2) is 0 Å². The van der Waals surface area contributed by atoms with Crippen molar-refractivity contribution in [3.05, 3.63) is 29.6 Å². The Labute approximate surface area is 96.5 Å². The quantitative estimate of drug-likeness (QED) is 0.705. The second-order valence-corrected chi connectivity index (χ2v) is 3.68. The molecule has 4 heteroatoms. The molecule has 16 heavy (non-hydrogen) atoms. The van der Waals surface area contributed by atoms with Gasteiger partial charge in [-0.25, -0.2) is 0 Å². The molecule has 0 aliphatic heterocycles. The highest BCUT2D eigenvalue weighted by molar-refractivity contribution is 5.76. The second kappa shape index (κ2) is 6.95. The summed E-state index contributed by atoms with van der Waals surface area (Å²) in [4.78, 5) is 15.4. The first-order chi connectivity index (χ1) is 7.74. The summed E-state index contributed by atoms with van der Waals surface area (Å²) in [5.74, 6) is 0.0807. The van der Waals surface area contributed by atoms with Gasteiger partial charge in [-0.3, -0.25) is 9.78 Å². The first-order valence-electron chi connectivity index (χ1n) is 5.61. The predicted octanol–water partition coefficient (Wildman–Crippen LogP) is 1.01. The van der Waals surface area contributed by atoms with E-state index in [0.717, 1.165) is 24.2 Å². The Kier molecular flexibility index (Phi) is 5.50. The van der Waals surface area contributed by atoms with Crippen molar-refractivity contribution < 1.29 is 4.79 Å². The molecule has 0 aliphatic carbocycles. The summed E-state index contributed by atoms with van der Waals surface area (Å²) in [6, 6.07) is 1.93. The molecule has 0 aliphatic rings. The Hall–Kier alpha value is -1.42. The third-order valence-corrected chi connectivity index (χ3v) is 2.39. The number of carbonyl (C=O) groups is 1. The predicted molar refractivity (Wildman–Crippen MR) is 64.0 cm³/mol. The van der Waals surface area contributed by atoms with Gasteiger partial charge in [-0.15, -0.1) is 0 Å². The standard InChI is InChI=1S/C12H19N3O/c1-3-13-7-5-12(16)15-9-11-4-6-14-8-10(11)2/h4,6,8,13H,3,5,7,9H2,1-2H3,(H,15,16). The van der Waals surface area contributed by atoms with Gasteiger partial charge in [0.2, 0.25) is 5.91 Å². The Morgan fingerprint density at radius 2 is 2.31 bits per heavy atom. The number of aryl methyl sites for hydroxylation is 1. The molecule has 0 saturated heterocycles. The van der Waals surface area contributed by atoms with Crippen LogP contribution in [0.15, 0.2) is 18.5 Å². The van der Waals surface area contributed by atoms with E-state index >= 15 is 0 Å². The molecule has 0 atom stereocenters. The molecular formula is C12H19N3O. The van der Waals surface area contributed by atoms with Crippen molar-refractivity contribution in [3.63, 3.8) is 0 Å². The highest BCUT2D eigenvalue weighted by Gasteiger charge is 2.02. The first-order valence-corrected chi connectivity index (χ1v) is 5.61. The Balaban J connectivity index is 2.29. The van der Waals surface area contributed by atoms with Crippen LogP contribution in [0.3, 0.4) is 0 Å². The zero-order valence-electron chi connectivity index (χ0n) is 9.92. The molecule has 1 rings (SSSR count). The fraction of sp³-hybridized carbons (Fsp3) is 0.500. The number of carbonyl (C=O) groups excluding carboxylic acids is 1. The summed E-state index contributed by atoms with van der Waals surface area (Å²) < 4.78 is 0. The van der Waals surface area contributed by atoms with E-state index in [2.05, 4.69) is 15.6 Å². The van der Waals surface area contributed by atoms with E-state index in [1.54, 1.807) is 12.4 Å². The molecule has 1 aromatic heterocycles. The molecular weight excluding hydrogens is 202 g/mol. The number of amides is 1. The van der Waals surface area contributed by atoms with Crippen LogP contribution in [0.5, 0.6) is 0 Å². The fourth-order valence-electron chi connectivity index (χ4n) is 1.36. The second-order valence-electron chi connectivity index (χ2n) is 3.68. The lowest BCUT2D eigenvalue weighted by Gasteiger charge is -2.07. The normalized spacial score (nSPS) is 10.1. The molecule has 0 saturated carbocycles. The van der Waals surface area contributed by atoms with E-state index in [9.17, 15) is 4.79 Å². The maximum atomic E-state index is 11.4. The molecule has 88 valence electrons. The summed E-state index contributed by atoms with van der Waals surface area (Å²) in [5.41, 5.74) is 2.22. The zero-order chi connectivity index (χ0) is 11.8. The van der Waals surface area contributed by atoms with Gasteiger partial charge in [-0.1, -0.05) is 6.92 Å². The summed E-state index contributed by atoms with van der Waals surface area (Å²) >= 11 is 0. The summed E-state index contributed by atoms with van der Waals surface area (Å²) in [6.45, 7) is 6.24. The average Bonchev–Trinajstić information content (AvgIpc) is 2.28. The van der Waals surface area contributed by atoms with Gasteiger partial charge in [0.25, 0.3) is 0 Å². The maximum absolute atomic E-state index is 11.4. The molecule has 0 radical (unpaired) electrons. The van der Waals surface area contributed by atoms with E-state index in [4.69, 9.17) is 0 Å². The van der Waals surface area contributed by atoms with Gasteiger partial charge < -0.3 is 10.6 Å². The first kappa shape index (κ1) is 12.6. The van der Waals surface area contributed by atoms with Crippen molar-refractivity contribution >= 4 is 5.91 Å². The van der Waals surface area contributed by atoms with Gasteiger partial charge in [-0.2, -0.15) is 0 Å². The van der Waals surface area contributed by atoms with Crippen LogP contribution in [0.25, 0.3) is 0 Å². The van der Waals surface area contributed by atoms with Crippen LogP contribution in [0.4, 0.5) is 0 Å². The fourth-order valence-corrected chi connectivity index (χ4v) is 1.36. The highest BCUT2D eigenvalue weighted by atomic mass is 16.1. The van der Waals surface area contributed by atoms with Gasteiger partial charge >= 0.3 is 0 Å². The van der Waals surface area contributed by atoms with Crippen LogP contribution in [-0.4, -0.2) is 24.0 Å². The number of hydrogen-bond donors (Lipinski definition) is 2.